The predicted molar refractivity (Wildman–Crippen MR) is 206 cm³/mol. The molecule has 0 spiro atoms. The van der Waals surface area contributed by atoms with Crippen LogP contribution in [0.5, 0.6) is 11.5 Å². The quantitative estimate of drug-likeness (QED) is 0.190. The molecule has 242 valence electrons. The maximum atomic E-state index is 6.71. The Morgan fingerprint density at radius 3 is 1.88 bits per heavy atom. The van der Waals surface area contributed by atoms with Crippen molar-refractivity contribution in [3.05, 3.63) is 145 Å². The van der Waals surface area contributed by atoms with E-state index in [1.165, 1.54) is 37.8 Å². The lowest BCUT2D eigenvalue weighted by Crippen LogP contribution is -2.73. The Hall–Kier alpha value is -5.26. The van der Waals surface area contributed by atoms with E-state index in [1.807, 2.05) is 42.6 Å². The van der Waals surface area contributed by atoms with Crippen molar-refractivity contribution in [2.24, 2.45) is 0 Å². The van der Waals surface area contributed by atoms with Gasteiger partial charge < -0.3 is 4.74 Å². The Labute approximate surface area is 289 Å². The first-order valence-electron chi connectivity index (χ1n) is 17.1. The number of pyridine rings is 1. The number of ether oxygens (including phenoxy) is 1. The van der Waals surface area contributed by atoms with Crippen molar-refractivity contribution in [3.63, 3.8) is 0 Å². The molecule has 0 saturated heterocycles. The Balaban J connectivity index is 1.32. The van der Waals surface area contributed by atoms with Gasteiger partial charge in [-0.15, -0.1) is 0 Å². The van der Waals surface area contributed by atoms with Gasteiger partial charge in [-0.2, -0.15) is 5.10 Å². The van der Waals surface area contributed by atoms with Gasteiger partial charge in [0.25, 0.3) is 0 Å². The van der Waals surface area contributed by atoms with E-state index in [0.717, 1.165) is 39.0 Å². The first-order valence-corrected chi connectivity index (χ1v) is 19.1. The molecule has 4 nitrogen and oxygen atoms in total. The van der Waals surface area contributed by atoms with Gasteiger partial charge in [-0.05, 0) is 91.1 Å². The van der Waals surface area contributed by atoms with Crippen LogP contribution in [-0.4, -0.2) is 23.3 Å². The number of hydrogen-bond acceptors (Lipinski definition) is 3. The lowest BCUT2D eigenvalue weighted by molar-refractivity contribution is 0.483. The molecule has 1 N–H and O–H groups in total. The lowest BCUT2D eigenvalue weighted by atomic mass is 9.85. The minimum Gasteiger partial charge on any atom is -0.457 e. The summed E-state index contributed by atoms with van der Waals surface area (Å²) in [6, 6.07) is 45.9. The molecule has 2 aromatic heterocycles. The van der Waals surface area contributed by atoms with Crippen LogP contribution in [-0.2, 0) is 10.8 Å². The number of aromatic nitrogens is 3. The molecule has 1 aliphatic rings. The predicted octanol–water partition coefficient (Wildman–Crippen LogP) is 8.37. The molecule has 0 unspecified atom stereocenters. The van der Waals surface area contributed by atoms with E-state index < -0.39 is 8.07 Å². The van der Waals surface area contributed by atoms with Crippen molar-refractivity contribution >= 4 is 39.9 Å². The van der Waals surface area contributed by atoms with E-state index in [-0.39, 0.29) is 10.8 Å². The maximum Gasteiger partial charge on any atom is 0.203 e. The molecule has 1 aliphatic heterocycles. The van der Waals surface area contributed by atoms with Gasteiger partial charge in [-0.3, -0.25) is 10.1 Å². The molecule has 0 saturated carbocycles. The molecule has 7 aromatic rings. The minimum atomic E-state index is -2.89. The second-order valence-corrected chi connectivity index (χ2v) is 18.9. The number of hydrogen-bond donors (Lipinski definition) is 1. The van der Waals surface area contributed by atoms with Gasteiger partial charge in [0.05, 0.1) is 5.52 Å². The van der Waals surface area contributed by atoms with Crippen molar-refractivity contribution in [1.29, 1.82) is 0 Å². The Morgan fingerprint density at radius 2 is 1.22 bits per heavy atom. The Bertz CT molecular complexity index is 2280. The number of fused-ring (bicyclic) bond motifs is 4. The van der Waals surface area contributed by atoms with Gasteiger partial charge in [0.1, 0.15) is 17.2 Å². The third-order valence-electron chi connectivity index (χ3n) is 10.00. The van der Waals surface area contributed by atoms with Gasteiger partial charge in [0.15, 0.2) is 0 Å². The van der Waals surface area contributed by atoms with Crippen LogP contribution in [0.4, 0.5) is 0 Å². The summed E-state index contributed by atoms with van der Waals surface area (Å²) in [5.74, 6) is 1.57. The highest BCUT2D eigenvalue weighted by atomic mass is 28.3. The highest BCUT2D eigenvalue weighted by Crippen LogP contribution is 2.35. The molecule has 5 heteroatoms. The molecule has 0 fully saturated rings. The topological polar surface area (TPSA) is 50.8 Å². The average molecular weight is 656 g/mol. The smallest absolute Gasteiger partial charge is 0.203 e. The number of nitrogens with zero attached hydrogens (tertiary/aromatic N) is 2. The number of para-hydroxylation sites is 1. The molecule has 5 aromatic carbocycles. The standard InChI is InChI=1S/C44H41N3OSi/c1-43(2,3)30-20-22-35-36-23-21-31(44(4,5)6)27-40(36)49(39(35)26-30,41-19-9-10-24-45-41)34-16-12-15-33(28-34)48-32-14-11-13-29(25-32)42-37-17-7-8-18-38(37)46-47-42/h7-28H,1-6H3,(H,46,47). The van der Waals surface area contributed by atoms with Crippen molar-refractivity contribution in [2.45, 2.75) is 52.4 Å². The summed E-state index contributed by atoms with van der Waals surface area (Å²) in [7, 11) is -2.89. The summed E-state index contributed by atoms with van der Waals surface area (Å²) < 4.78 is 6.71. The number of H-pyrrole nitrogens is 1. The van der Waals surface area contributed by atoms with Crippen LogP contribution in [0.3, 0.4) is 0 Å². The number of aromatic amines is 1. The van der Waals surface area contributed by atoms with Crippen LogP contribution >= 0.6 is 0 Å². The molecule has 49 heavy (non-hydrogen) atoms. The van der Waals surface area contributed by atoms with Gasteiger partial charge in [-0.25, -0.2) is 0 Å². The molecule has 0 aliphatic carbocycles. The summed E-state index contributed by atoms with van der Waals surface area (Å²) in [6.07, 6.45) is 1.95. The number of rotatable bonds is 5. The number of nitrogens with one attached hydrogen (secondary N) is 1. The first-order chi connectivity index (χ1) is 23.5. The summed E-state index contributed by atoms with van der Waals surface area (Å²) in [5, 5.41) is 14.1. The Kier molecular flexibility index (Phi) is 7.23. The van der Waals surface area contributed by atoms with Gasteiger partial charge in [-0.1, -0.05) is 126 Å². The monoisotopic (exact) mass is 655 g/mol. The zero-order chi connectivity index (χ0) is 34.0. The van der Waals surface area contributed by atoms with Crippen LogP contribution < -0.4 is 25.6 Å². The zero-order valence-electron chi connectivity index (χ0n) is 29.0. The van der Waals surface area contributed by atoms with Crippen molar-refractivity contribution in [1.82, 2.24) is 15.2 Å². The summed E-state index contributed by atoms with van der Waals surface area (Å²) in [6.45, 7) is 13.8. The van der Waals surface area contributed by atoms with Gasteiger partial charge in [0, 0.05) is 22.5 Å². The highest BCUT2D eigenvalue weighted by molar-refractivity contribution is 7.21. The molecule has 3 heterocycles. The number of benzene rings is 5. The largest absolute Gasteiger partial charge is 0.457 e. The van der Waals surface area contributed by atoms with E-state index in [1.54, 1.807) is 0 Å². The van der Waals surface area contributed by atoms with E-state index in [4.69, 9.17) is 9.72 Å². The maximum absolute atomic E-state index is 6.71. The van der Waals surface area contributed by atoms with Gasteiger partial charge >= 0.3 is 0 Å². The Morgan fingerprint density at radius 1 is 0.592 bits per heavy atom. The third kappa shape index (κ3) is 5.20. The van der Waals surface area contributed by atoms with E-state index in [0.29, 0.717) is 0 Å². The normalized spacial score (nSPS) is 13.7. The lowest BCUT2D eigenvalue weighted by Gasteiger charge is -2.32. The summed E-state index contributed by atoms with van der Waals surface area (Å²) >= 11 is 0. The molecule has 0 amide bonds. The molecular formula is C44H41N3OSi. The average Bonchev–Trinajstić information content (AvgIpc) is 3.65. The molecule has 0 radical (unpaired) electrons. The molecule has 8 rings (SSSR count). The summed E-state index contributed by atoms with van der Waals surface area (Å²) in [4.78, 5) is 5.18. The van der Waals surface area contributed by atoms with E-state index >= 15 is 0 Å². The first kappa shape index (κ1) is 31.0. The zero-order valence-corrected chi connectivity index (χ0v) is 30.0. The van der Waals surface area contributed by atoms with Gasteiger partial charge in [0.2, 0.25) is 8.07 Å². The molecular weight excluding hydrogens is 615 g/mol. The van der Waals surface area contributed by atoms with Crippen LogP contribution in [0.2, 0.25) is 0 Å². The van der Waals surface area contributed by atoms with Crippen molar-refractivity contribution in [3.8, 4) is 33.9 Å². The second-order valence-electron chi connectivity index (χ2n) is 15.3. The highest BCUT2D eigenvalue weighted by Gasteiger charge is 2.50. The fraction of sp³-hybridized carbons (Fsp3) is 0.182. The van der Waals surface area contributed by atoms with Crippen LogP contribution in [0, 0.1) is 0 Å². The molecule has 0 bridgehead atoms. The van der Waals surface area contributed by atoms with Crippen LogP contribution in [0.25, 0.3) is 33.3 Å². The molecule has 0 atom stereocenters. The summed E-state index contributed by atoms with van der Waals surface area (Å²) in [5.41, 5.74) is 8.23. The van der Waals surface area contributed by atoms with Crippen molar-refractivity contribution in [2.75, 3.05) is 0 Å². The van der Waals surface area contributed by atoms with Crippen molar-refractivity contribution < 1.29 is 4.74 Å². The fourth-order valence-electron chi connectivity index (χ4n) is 7.40. The third-order valence-corrected chi connectivity index (χ3v) is 14.7. The second kappa shape index (κ2) is 11.4. The fourth-order valence-corrected chi connectivity index (χ4v) is 12.5. The van der Waals surface area contributed by atoms with Crippen LogP contribution in [0.15, 0.2) is 134 Å². The van der Waals surface area contributed by atoms with Crippen LogP contribution in [0.1, 0.15) is 52.7 Å². The minimum absolute atomic E-state index is 0.000254. The van der Waals surface area contributed by atoms with E-state index in [2.05, 4.69) is 143 Å². The SMILES string of the molecule is CC(C)(C)c1ccc2c(c1)[Si](c1cccc(Oc3cccc(-c4n[nH]c5ccccc45)c3)c1)(c1ccccn1)c1cc(C(C)(C)C)ccc1-2. The van der Waals surface area contributed by atoms with E-state index in [9.17, 15) is 0 Å².